The van der Waals surface area contributed by atoms with E-state index in [2.05, 4.69) is 9.97 Å². The zero-order chi connectivity index (χ0) is 15.3. The van der Waals surface area contributed by atoms with E-state index in [-0.39, 0.29) is 5.92 Å². The van der Waals surface area contributed by atoms with Crippen LogP contribution in [0.15, 0.2) is 23.9 Å². The molecule has 114 valence electrons. The fraction of sp³-hybridized carbons (Fsp3) is 0.500. The van der Waals surface area contributed by atoms with Crippen molar-refractivity contribution < 1.29 is 17.9 Å². The molecule has 1 fully saturated rings. The van der Waals surface area contributed by atoms with E-state index in [4.69, 9.17) is 4.74 Å². The quantitative estimate of drug-likeness (QED) is 0.791. The van der Waals surface area contributed by atoms with Gasteiger partial charge in [-0.05, 0) is 25.2 Å². The Labute approximate surface area is 124 Å². The van der Waals surface area contributed by atoms with Crippen molar-refractivity contribution in [2.24, 2.45) is 5.92 Å². The van der Waals surface area contributed by atoms with Crippen LogP contribution in [0.5, 0.6) is 5.88 Å². The summed E-state index contributed by atoms with van der Waals surface area (Å²) in [6.45, 7) is 1.89. The smallest absolute Gasteiger partial charge is 0.232 e. The van der Waals surface area contributed by atoms with Crippen LogP contribution < -0.4 is 4.74 Å². The first-order valence-corrected chi connectivity index (χ1v) is 8.55. The van der Waals surface area contributed by atoms with Crippen molar-refractivity contribution in [3.05, 3.63) is 29.6 Å². The second-order valence-corrected chi connectivity index (χ2v) is 7.13. The largest absolute Gasteiger partial charge is 0.473 e. The van der Waals surface area contributed by atoms with E-state index in [0.29, 0.717) is 29.7 Å². The third-order valence-electron chi connectivity index (χ3n) is 3.22. The maximum absolute atomic E-state index is 10.6. The predicted molar refractivity (Wildman–Crippen MR) is 77.8 cm³/mol. The summed E-state index contributed by atoms with van der Waals surface area (Å²) in [6, 6.07) is 0. The van der Waals surface area contributed by atoms with E-state index in [1.54, 1.807) is 6.08 Å². The Balaban J connectivity index is 0.000000173. The van der Waals surface area contributed by atoms with Crippen molar-refractivity contribution in [1.29, 1.82) is 0 Å². The zero-order valence-corrected chi connectivity index (χ0v) is 12.6. The van der Waals surface area contributed by atoms with Gasteiger partial charge < -0.3 is 4.74 Å². The van der Waals surface area contributed by atoms with Gasteiger partial charge >= 0.3 is 0 Å². The van der Waals surface area contributed by atoms with Crippen LogP contribution in [0.3, 0.4) is 0 Å². The normalized spacial score (nSPS) is 22.8. The molecule has 7 heteroatoms. The molecule has 1 aromatic rings. The first-order valence-electron chi connectivity index (χ1n) is 6.83. The number of allylic oxidation sites excluding steroid dienone is 1. The van der Waals surface area contributed by atoms with Gasteiger partial charge in [0.1, 0.15) is 11.8 Å². The molecule has 0 radical (unpaired) electrons. The molecule has 0 spiro atoms. The lowest BCUT2D eigenvalue weighted by Gasteiger charge is -2.25. The van der Waals surface area contributed by atoms with Crippen molar-refractivity contribution in [2.75, 3.05) is 5.75 Å². The van der Waals surface area contributed by atoms with Crippen molar-refractivity contribution in [2.45, 2.75) is 32.3 Å². The van der Waals surface area contributed by atoms with E-state index in [0.717, 1.165) is 12.8 Å². The number of aldehydes is 1. The van der Waals surface area contributed by atoms with E-state index >= 15 is 0 Å². The van der Waals surface area contributed by atoms with Crippen LogP contribution in [0, 0.1) is 5.92 Å². The highest BCUT2D eigenvalue weighted by molar-refractivity contribution is 7.94. The number of aromatic nitrogens is 2. The predicted octanol–water partition coefficient (Wildman–Crippen LogP) is 1.79. The summed E-state index contributed by atoms with van der Waals surface area (Å²) in [7, 11) is -2.78. The molecule has 1 aromatic heterocycles. The molecular weight excluding hydrogens is 292 g/mol. The van der Waals surface area contributed by atoms with Gasteiger partial charge in [-0.3, -0.25) is 4.79 Å². The third-order valence-corrected chi connectivity index (χ3v) is 4.78. The molecule has 21 heavy (non-hydrogen) atoms. The molecule has 0 bridgehead atoms. The SMILES string of the molecule is CC1C=CS(=O)(=O)C1.O=Cc1cnc(OC2CCC2)cn1. The molecule has 6 nitrogen and oxygen atoms in total. The maximum Gasteiger partial charge on any atom is 0.232 e. The van der Waals surface area contributed by atoms with Crippen molar-refractivity contribution in [3.8, 4) is 5.88 Å². The molecule has 1 aliphatic heterocycles. The molecule has 1 aliphatic carbocycles. The molecule has 1 saturated carbocycles. The molecule has 3 rings (SSSR count). The summed E-state index contributed by atoms with van der Waals surface area (Å²) >= 11 is 0. The summed E-state index contributed by atoms with van der Waals surface area (Å²) in [4.78, 5) is 18.1. The average Bonchev–Trinajstić information content (AvgIpc) is 2.73. The van der Waals surface area contributed by atoms with Gasteiger partial charge in [0.2, 0.25) is 5.88 Å². The lowest BCUT2D eigenvalue weighted by Crippen LogP contribution is -2.25. The number of carbonyl (C=O) groups is 1. The second kappa shape index (κ2) is 6.80. The first-order chi connectivity index (χ1) is 9.98. The maximum atomic E-state index is 10.6. The van der Waals surface area contributed by atoms with E-state index in [9.17, 15) is 13.2 Å². The van der Waals surface area contributed by atoms with Crippen molar-refractivity contribution >= 4 is 16.1 Å². The summed E-state index contributed by atoms with van der Waals surface area (Å²) in [5, 5.41) is 1.29. The van der Waals surface area contributed by atoms with Gasteiger partial charge in [-0.1, -0.05) is 13.0 Å². The molecule has 2 heterocycles. The molecule has 1 atom stereocenters. The Morgan fingerprint density at radius 1 is 1.29 bits per heavy atom. The van der Waals surface area contributed by atoms with E-state index in [1.807, 2.05) is 6.92 Å². The summed E-state index contributed by atoms with van der Waals surface area (Å²) in [5.41, 5.74) is 0.334. The van der Waals surface area contributed by atoms with Crippen LogP contribution >= 0.6 is 0 Å². The number of rotatable bonds is 3. The molecule has 1 unspecified atom stereocenters. The molecule has 0 N–H and O–H groups in total. The zero-order valence-electron chi connectivity index (χ0n) is 11.8. The minimum absolute atomic E-state index is 0.222. The van der Waals surface area contributed by atoms with Crippen LogP contribution in [0.1, 0.15) is 36.7 Å². The summed E-state index contributed by atoms with van der Waals surface area (Å²) in [6.07, 6.45) is 9.01. The first kappa shape index (κ1) is 15.6. The molecule has 0 amide bonds. The minimum atomic E-state index is -2.78. The monoisotopic (exact) mass is 310 g/mol. The molecule has 0 saturated heterocycles. The van der Waals surface area contributed by atoms with Crippen LogP contribution in [0.2, 0.25) is 0 Å². The van der Waals surface area contributed by atoms with Gasteiger partial charge in [-0.25, -0.2) is 18.4 Å². The highest BCUT2D eigenvalue weighted by atomic mass is 32.2. The average molecular weight is 310 g/mol. The number of carbonyl (C=O) groups excluding carboxylic acids is 1. The van der Waals surface area contributed by atoms with Gasteiger partial charge in [-0.2, -0.15) is 0 Å². The molecule has 2 aliphatic rings. The van der Waals surface area contributed by atoms with E-state index in [1.165, 1.54) is 24.2 Å². The fourth-order valence-corrected chi connectivity index (χ4v) is 3.30. The Hall–Kier alpha value is -1.76. The lowest BCUT2D eigenvalue weighted by molar-refractivity contribution is 0.111. The standard InChI is InChI=1S/C9H10N2O2.C5H8O2S/c12-6-7-4-11-9(5-10-7)13-8-2-1-3-8;1-5-2-3-8(6,7)4-5/h4-6,8H,1-3H2;2-3,5H,4H2,1H3. The Morgan fingerprint density at radius 2 is 2.05 bits per heavy atom. The second-order valence-electron chi connectivity index (χ2n) is 5.20. The number of hydrogen-bond acceptors (Lipinski definition) is 6. The van der Waals surface area contributed by atoms with Crippen molar-refractivity contribution in [3.63, 3.8) is 0 Å². The Morgan fingerprint density at radius 3 is 2.38 bits per heavy atom. The Kier molecular flexibility index (Phi) is 5.06. The highest BCUT2D eigenvalue weighted by Gasteiger charge is 2.19. The fourth-order valence-electron chi connectivity index (χ4n) is 1.84. The van der Waals surface area contributed by atoms with Crippen molar-refractivity contribution in [1.82, 2.24) is 9.97 Å². The van der Waals surface area contributed by atoms with Crippen LogP contribution in [0.25, 0.3) is 0 Å². The summed E-state index contributed by atoms with van der Waals surface area (Å²) in [5.74, 6) is 1.03. The minimum Gasteiger partial charge on any atom is -0.473 e. The van der Waals surface area contributed by atoms with Gasteiger partial charge in [0.25, 0.3) is 0 Å². The van der Waals surface area contributed by atoms with E-state index < -0.39 is 9.84 Å². The topological polar surface area (TPSA) is 86.2 Å². The number of sulfone groups is 1. The van der Waals surface area contributed by atoms with Gasteiger partial charge in [0.05, 0.1) is 18.1 Å². The number of nitrogens with zero attached hydrogens (tertiary/aromatic N) is 2. The van der Waals surface area contributed by atoms with Crippen LogP contribution in [-0.2, 0) is 9.84 Å². The van der Waals surface area contributed by atoms with Gasteiger partial charge in [-0.15, -0.1) is 0 Å². The van der Waals surface area contributed by atoms with Crippen LogP contribution in [0.4, 0.5) is 0 Å². The Bertz CT molecular complexity index is 606. The van der Waals surface area contributed by atoms with Crippen LogP contribution in [-0.4, -0.2) is 36.5 Å². The summed E-state index contributed by atoms with van der Waals surface area (Å²) < 4.78 is 26.6. The third kappa shape index (κ3) is 4.93. The number of ether oxygens (including phenoxy) is 1. The highest BCUT2D eigenvalue weighted by Crippen LogP contribution is 2.23. The number of hydrogen-bond donors (Lipinski definition) is 0. The molecule has 0 aromatic carbocycles. The lowest BCUT2D eigenvalue weighted by atomic mass is 9.96. The molecular formula is C14H18N2O4S. The van der Waals surface area contributed by atoms with Gasteiger partial charge in [0, 0.05) is 5.41 Å². The van der Waals surface area contributed by atoms with Gasteiger partial charge in [0.15, 0.2) is 16.1 Å².